The number of imidazole rings is 1. The monoisotopic (exact) mass is 539 g/mol. The second-order valence-corrected chi connectivity index (χ2v) is 10.4. The predicted octanol–water partition coefficient (Wildman–Crippen LogP) is 1.94. The molecule has 3 heterocycles. The number of nitrogens with zero attached hydrogens (tertiary/aromatic N) is 4. The van der Waals surface area contributed by atoms with Gasteiger partial charge in [0.2, 0.25) is 0 Å². The molecule has 2 fully saturated rings. The molecule has 29 heavy (non-hydrogen) atoms. The summed E-state index contributed by atoms with van der Waals surface area (Å²) in [6, 6.07) is 0.326. The number of hydrogen-bond donors (Lipinski definition) is 1. The van der Waals surface area contributed by atoms with Gasteiger partial charge in [-0.25, -0.2) is 13.4 Å². The van der Waals surface area contributed by atoms with Crippen molar-refractivity contribution in [2.24, 2.45) is 10.9 Å². The molecule has 1 N–H and O–H groups in total. The second kappa shape index (κ2) is 10.4. The molecule has 2 saturated heterocycles. The van der Waals surface area contributed by atoms with Gasteiger partial charge < -0.3 is 19.5 Å². The quantitative estimate of drug-likeness (QED) is 0.350. The molecule has 166 valence electrons. The third-order valence-corrected chi connectivity index (χ3v) is 8.28. The fourth-order valence-electron chi connectivity index (χ4n) is 4.13. The molecule has 2 atom stereocenters. The molecule has 2 unspecified atom stereocenters. The summed E-state index contributed by atoms with van der Waals surface area (Å²) >= 11 is 0. The topological polar surface area (TPSA) is 88.8 Å². The minimum atomic E-state index is -3.23. The van der Waals surface area contributed by atoms with Crippen LogP contribution in [-0.2, 0) is 14.6 Å². The molecule has 1 aromatic rings. The van der Waals surface area contributed by atoms with Gasteiger partial charge in [0.1, 0.15) is 0 Å². The number of halogens is 1. The number of rotatable bonds is 5. The van der Waals surface area contributed by atoms with Crippen molar-refractivity contribution in [3.63, 3.8) is 0 Å². The molecule has 2 aliphatic heterocycles. The summed E-state index contributed by atoms with van der Waals surface area (Å²) in [6.45, 7) is 8.02. The first-order chi connectivity index (χ1) is 13.4. The molecule has 0 aliphatic carbocycles. The van der Waals surface area contributed by atoms with Crippen LogP contribution in [0.3, 0.4) is 0 Å². The minimum Gasteiger partial charge on any atom is -0.381 e. The first-order valence-electron chi connectivity index (χ1n) is 10.1. The van der Waals surface area contributed by atoms with Gasteiger partial charge in [0.25, 0.3) is 0 Å². The van der Waals surface area contributed by atoms with Crippen LogP contribution in [0.5, 0.6) is 0 Å². The first-order valence-corrected chi connectivity index (χ1v) is 12.0. The summed E-state index contributed by atoms with van der Waals surface area (Å²) < 4.78 is 31.8. The molecule has 8 nitrogen and oxygen atoms in total. The average Bonchev–Trinajstić information content (AvgIpc) is 3.20. The Hall–Kier alpha value is -0.880. The zero-order valence-electron chi connectivity index (χ0n) is 17.6. The fourth-order valence-corrected chi connectivity index (χ4v) is 5.34. The molecule has 0 saturated carbocycles. The number of likely N-dealkylation sites (tertiary alicyclic amines) is 1. The zero-order chi connectivity index (χ0) is 20.2. The lowest BCUT2D eigenvalue weighted by atomic mass is 9.93. The molecule has 10 heteroatoms. The number of piperidine rings is 1. The van der Waals surface area contributed by atoms with Gasteiger partial charge in [0.15, 0.2) is 15.8 Å². The lowest BCUT2D eigenvalue weighted by molar-refractivity contribution is 0.0766. The first kappa shape index (κ1) is 24.4. The largest absolute Gasteiger partial charge is 0.381 e. The minimum absolute atomic E-state index is 0. The van der Waals surface area contributed by atoms with Gasteiger partial charge in [-0.15, -0.1) is 24.0 Å². The molecule has 0 radical (unpaired) electrons. The SMILES string of the molecule is CCNC(=NCC1(S(C)(=O)=O)CCOCC1)N1CCC(C)C(n2ccnc2)C1.I. The normalized spacial score (nSPS) is 25.3. The Morgan fingerprint density at radius 3 is 2.69 bits per heavy atom. The van der Waals surface area contributed by atoms with Crippen LogP contribution in [0.4, 0.5) is 0 Å². The highest BCUT2D eigenvalue weighted by Crippen LogP contribution is 2.31. The number of guanidine groups is 1. The maximum absolute atomic E-state index is 12.5. The number of ether oxygens (including phenoxy) is 1. The van der Waals surface area contributed by atoms with Crippen LogP contribution in [0.15, 0.2) is 23.7 Å². The number of hydrogen-bond acceptors (Lipinski definition) is 5. The molecule has 0 aromatic carbocycles. The average molecular weight is 539 g/mol. The highest BCUT2D eigenvalue weighted by molar-refractivity contribution is 14.0. The van der Waals surface area contributed by atoms with Crippen molar-refractivity contribution in [2.75, 3.05) is 45.6 Å². The van der Waals surface area contributed by atoms with Gasteiger partial charge >= 0.3 is 0 Å². The van der Waals surface area contributed by atoms with Crippen LogP contribution in [0.2, 0.25) is 0 Å². The second-order valence-electron chi connectivity index (χ2n) is 8.03. The van der Waals surface area contributed by atoms with E-state index in [2.05, 4.69) is 26.7 Å². The molecule has 3 rings (SSSR count). The van der Waals surface area contributed by atoms with E-state index in [1.54, 1.807) is 0 Å². The Bertz CT molecular complexity index is 763. The highest BCUT2D eigenvalue weighted by Gasteiger charge is 2.42. The Morgan fingerprint density at radius 1 is 1.38 bits per heavy atom. The van der Waals surface area contributed by atoms with Crippen LogP contribution in [0.25, 0.3) is 0 Å². The fraction of sp³-hybridized carbons (Fsp3) is 0.789. The number of sulfone groups is 1. The van der Waals surface area contributed by atoms with Crippen molar-refractivity contribution in [1.29, 1.82) is 0 Å². The smallest absolute Gasteiger partial charge is 0.194 e. The molecule has 1 aromatic heterocycles. The molecule has 0 amide bonds. The van der Waals surface area contributed by atoms with Crippen LogP contribution < -0.4 is 5.32 Å². The van der Waals surface area contributed by atoms with Crippen molar-refractivity contribution in [2.45, 2.75) is 43.9 Å². The van der Waals surface area contributed by atoms with Gasteiger partial charge in [-0.05, 0) is 32.1 Å². The van der Waals surface area contributed by atoms with Gasteiger partial charge in [0, 0.05) is 51.5 Å². The van der Waals surface area contributed by atoms with Crippen molar-refractivity contribution < 1.29 is 13.2 Å². The summed E-state index contributed by atoms with van der Waals surface area (Å²) in [7, 11) is -3.23. The van der Waals surface area contributed by atoms with E-state index in [1.165, 1.54) is 6.26 Å². The Balaban J connectivity index is 0.00000300. The molecular weight excluding hydrogens is 505 g/mol. The van der Waals surface area contributed by atoms with E-state index in [-0.39, 0.29) is 30.5 Å². The number of aliphatic imine (C=N–C) groups is 1. The maximum atomic E-state index is 12.5. The van der Waals surface area contributed by atoms with E-state index in [4.69, 9.17) is 9.73 Å². The molecule has 2 aliphatic rings. The van der Waals surface area contributed by atoms with Crippen molar-refractivity contribution >= 4 is 39.8 Å². The summed E-state index contributed by atoms with van der Waals surface area (Å²) in [5.74, 6) is 1.35. The van der Waals surface area contributed by atoms with Gasteiger partial charge in [-0.2, -0.15) is 0 Å². The lowest BCUT2D eigenvalue weighted by Crippen LogP contribution is -2.51. The van der Waals surface area contributed by atoms with Gasteiger partial charge in [-0.1, -0.05) is 6.92 Å². The van der Waals surface area contributed by atoms with Crippen LogP contribution in [-0.4, -0.2) is 79.2 Å². The number of nitrogens with one attached hydrogen (secondary N) is 1. The highest BCUT2D eigenvalue weighted by atomic mass is 127. The van der Waals surface area contributed by atoms with Crippen LogP contribution in [0.1, 0.15) is 39.2 Å². The van der Waals surface area contributed by atoms with Crippen LogP contribution in [0, 0.1) is 5.92 Å². The Labute approximate surface area is 191 Å². The maximum Gasteiger partial charge on any atom is 0.194 e. The van der Waals surface area contributed by atoms with E-state index >= 15 is 0 Å². The summed E-state index contributed by atoms with van der Waals surface area (Å²) in [4.78, 5) is 11.3. The van der Waals surface area contributed by atoms with E-state index in [1.807, 2.05) is 25.6 Å². The Kier molecular flexibility index (Phi) is 8.77. The summed E-state index contributed by atoms with van der Waals surface area (Å²) in [6.07, 6.45) is 9.08. The van der Waals surface area contributed by atoms with Crippen LogP contribution >= 0.6 is 24.0 Å². The van der Waals surface area contributed by atoms with Gasteiger partial charge in [0.05, 0.1) is 23.7 Å². The number of aromatic nitrogens is 2. The molecular formula is C19H34IN5O3S. The molecule has 0 spiro atoms. The van der Waals surface area contributed by atoms with E-state index in [0.717, 1.165) is 32.0 Å². The standard InChI is InChI=1S/C19H33N5O3S.HI/c1-4-21-18(22-14-19(28(3,25)26)6-11-27-12-7-19)23-9-5-16(2)17(13-23)24-10-8-20-15-24;/h8,10,15-17H,4-7,9,11-14H2,1-3H3,(H,21,22);1H. The lowest BCUT2D eigenvalue weighted by Gasteiger charge is -2.40. The summed E-state index contributed by atoms with van der Waals surface area (Å²) in [5, 5.41) is 3.37. The van der Waals surface area contributed by atoms with E-state index in [9.17, 15) is 8.42 Å². The summed E-state index contributed by atoms with van der Waals surface area (Å²) in [5.41, 5.74) is 0. The third-order valence-electron chi connectivity index (χ3n) is 6.17. The zero-order valence-corrected chi connectivity index (χ0v) is 20.7. The van der Waals surface area contributed by atoms with E-state index in [0.29, 0.717) is 38.0 Å². The molecule has 0 bridgehead atoms. The Morgan fingerprint density at radius 2 is 2.10 bits per heavy atom. The van der Waals surface area contributed by atoms with Crippen molar-refractivity contribution in [3.05, 3.63) is 18.7 Å². The third kappa shape index (κ3) is 5.63. The van der Waals surface area contributed by atoms with E-state index < -0.39 is 14.6 Å². The van der Waals surface area contributed by atoms with Crippen molar-refractivity contribution in [1.82, 2.24) is 19.8 Å². The van der Waals surface area contributed by atoms with Crippen molar-refractivity contribution in [3.8, 4) is 0 Å². The van der Waals surface area contributed by atoms with Gasteiger partial charge in [-0.3, -0.25) is 4.99 Å². The predicted molar refractivity (Wildman–Crippen MR) is 126 cm³/mol.